The highest BCUT2D eigenvalue weighted by molar-refractivity contribution is 6.31. The molecule has 0 aliphatic heterocycles. The first-order chi connectivity index (χ1) is 19.0. The van der Waals surface area contributed by atoms with E-state index in [0.29, 0.717) is 28.5 Å². The highest BCUT2D eigenvalue weighted by atomic mass is 35.5. The summed E-state index contributed by atoms with van der Waals surface area (Å²) in [6, 6.07) is 32.8. The first-order valence-electron chi connectivity index (χ1n) is 12.6. The number of benzene rings is 4. The summed E-state index contributed by atoms with van der Waals surface area (Å²) >= 11 is 6.37. The van der Waals surface area contributed by atoms with Gasteiger partial charge in [0.15, 0.2) is 5.78 Å². The van der Waals surface area contributed by atoms with E-state index in [1.54, 1.807) is 25.3 Å². The number of ketones is 1. The summed E-state index contributed by atoms with van der Waals surface area (Å²) in [5, 5.41) is 1.27. The summed E-state index contributed by atoms with van der Waals surface area (Å²) in [4.78, 5) is 32.2. The molecule has 0 saturated carbocycles. The van der Waals surface area contributed by atoms with Gasteiger partial charge >= 0.3 is 0 Å². The number of hydrogen-bond acceptors (Lipinski definition) is 3. The Balaban J connectivity index is 1.51. The Labute approximate surface area is 230 Å². The predicted octanol–water partition coefficient (Wildman–Crippen LogP) is 7.15. The number of para-hydroxylation sites is 2. The Hall–Kier alpha value is -4.74. The normalized spacial score (nSPS) is 11.5. The number of aryl methyl sites for hydroxylation is 1. The van der Waals surface area contributed by atoms with Crippen LogP contribution in [0, 0.1) is 0 Å². The Kier molecular flexibility index (Phi) is 6.43. The molecule has 2 heterocycles. The van der Waals surface area contributed by atoms with Gasteiger partial charge < -0.3 is 9.13 Å². The molecule has 0 saturated heterocycles. The quantitative estimate of drug-likeness (QED) is 0.170. The zero-order valence-electron chi connectivity index (χ0n) is 21.2. The summed E-state index contributed by atoms with van der Waals surface area (Å²) in [5.74, 6) is 0.241. The van der Waals surface area contributed by atoms with Gasteiger partial charge in [0.1, 0.15) is 5.82 Å². The largest absolute Gasteiger partial charge is 0.320 e. The maximum atomic E-state index is 13.8. The lowest BCUT2D eigenvalue weighted by Gasteiger charge is -2.15. The Bertz CT molecular complexity index is 1940. The summed E-state index contributed by atoms with van der Waals surface area (Å²) in [6.07, 6.45) is 3.14. The molecule has 0 radical (unpaired) electrons. The average Bonchev–Trinajstić information content (AvgIpc) is 3.31. The molecule has 4 aromatic carbocycles. The number of rotatable bonds is 6. The lowest BCUT2D eigenvalue weighted by molar-refractivity contribution is 0.104. The molecule has 190 valence electrons. The first-order valence-corrected chi connectivity index (χ1v) is 13.0. The maximum Gasteiger partial charge on any atom is 0.262 e. The van der Waals surface area contributed by atoms with Crippen LogP contribution in [0.5, 0.6) is 0 Å². The van der Waals surface area contributed by atoms with E-state index in [-0.39, 0.29) is 11.1 Å². The van der Waals surface area contributed by atoms with Crippen molar-refractivity contribution in [2.45, 2.75) is 6.54 Å². The highest BCUT2D eigenvalue weighted by Crippen LogP contribution is 2.32. The van der Waals surface area contributed by atoms with Crippen LogP contribution in [0.15, 0.2) is 114 Å². The second kappa shape index (κ2) is 10.2. The van der Waals surface area contributed by atoms with Gasteiger partial charge in [0, 0.05) is 29.6 Å². The van der Waals surface area contributed by atoms with Crippen LogP contribution in [0.4, 0.5) is 0 Å². The maximum absolute atomic E-state index is 13.8. The molecule has 0 amide bonds. The number of fused-ring (bicyclic) bond motifs is 2. The van der Waals surface area contributed by atoms with E-state index < -0.39 is 5.78 Å². The molecule has 0 aliphatic rings. The highest BCUT2D eigenvalue weighted by Gasteiger charge is 2.21. The van der Waals surface area contributed by atoms with Gasteiger partial charge in [-0.1, -0.05) is 84.4 Å². The van der Waals surface area contributed by atoms with Crippen molar-refractivity contribution in [2.75, 3.05) is 0 Å². The summed E-state index contributed by atoms with van der Waals surface area (Å²) in [5.41, 5.74) is 4.70. The second-order valence-corrected chi connectivity index (χ2v) is 9.81. The molecule has 6 heteroatoms. The number of allylic oxidation sites excluding steroid dienone is 1. The van der Waals surface area contributed by atoms with Crippen molar-refractivity contribution in [3.63, 3.8) is 0 Å². The predicted molar refractivity (Wildman–Crippen MR) is 158 cm³/mol. The molecular formula is C33H24ClN3O2. The summed E-state index contributed by atoms with van der Waals surface area (Å²) in [6.45, 7) is 0.598. The van der Waals surface area contributed by atoms with Crippen LogP contribution >= 0.6 is 11.6 Å². The zero-order chi connectivity index (χ0) is 26.9. The Morgan fingerprint density at radius 3 is 2.33 bits per heavy atom. The van der Waals surface area contributed by atoms with Crippen molar-refractivity contribution in [3.05, 3.63) is 142 Å². The van der Waals surface area contributed by atoms with Gasteiger partial charge in [0.05, 0.1) is 22.1 Å². The smallest absolute Gasteiger partial charge is 0.262 e. The molecule has 0 atom stereocenters. The molecule has 0 spiro atoms. The molecule has 0 N–H and O–H groups in total. The van der Waals surface area contributed by atoms with E-state index in [2.05, 4.69) is 16.7 Å². The van der Waals surface area contributed by atoms with Crippen molar-refractivity contribution < 1.29 is 4.79 Å². The van der Waals surface area contributed by atoms with E-state index in [9.17, 15) is 9.59 Å². The van der Waals surface area contributed by atoms with Gasteiger partial charge in [0.2, 0.25) is 0 Å². The summed E-state index contributed by atoms with van der Waals surface area (Å²) < 4.78 is 3.58. The fraction of sp³-hybridized carbons (Fsp3) is 0.0606. The molecule has 39 heavy (non-hydrogen) atoms. The van der Waals surface area contributed by atoms with Gasteiger partial charge in [-0.2, -0.15) is 0 Å². The van der Waals surface area contributed by atoms with Crippen molar-refractivity contribution in [2.24, 2.45) is 7.05 Å². The SMILES string of the molecule is Cn1c(=O)c(C(=O)/C=C/c2nc3ccccc3n2Cc2ccccc2)c(-c2ccccc2)c2cc(Cl)ccc21. The number of carbonyl (C=O) groups excluding carboxylic acids is 1. The second-order valence-electron chi connectivity index (χ2n) is 9.37. The van der Waals surface area contributed by atoms with E-state index in [1.807, 2.05) is 78.9 Å². The van der Waals surface area contributed by atoms with Crippen LogP contribution in [0.25, 0.3) is 39.1 Å². The molecule has 0 bridgehead atoms. The van der Waals surface area contributed by atoms with E-state index in [0.717, 1.165) is 27.5 Å². The topological polar surface area (TPSA) is 56.9 Å². The number of pyridine rings is 1. The minimum atomic E-state index is -0.394. The van der Waals surface area contributed by atoms with E-state index in [1.165, 1.54) is 10.6 Å². The third-order valence-corrected chi connectivity index (χ3v) is 7.15. The molecule has 6 rings (SSSR count). The monoisotopic (exact) mass is 529 g/mol. The molecule has 2 aromatic heterocycles. The van der Waals surface area contributed by atoms with Crippen LogP contribution in [0.1, 0.15) is 21.7 Å². The van der Waals surface area contributed by atoms with Crippen LogP contribution < -0.4 is 5.56 Å². The summed E-state index contributed by atoms with van der Waals surface area (Å²) in [7, 11) is 1.67. The number of carbonyl (C=O) groups is 1. The van der Waals surface area contributed by atoms with Crippen LogP contribution in [-0.2, 0) is 13.6 Å². The molecule has 0 unspecified atom stereocenters. The Morgan fingerprint density at radius 2 is 1.56 bits per heavy atom. The van der Waals surface area contributed by atoms with Crippen molar-refractivity contribution in [1.82, 2.24) is 14.1 Å². The van der Waals surface area contributed by atoms with Crippen LogP contribution in [0.2, 0.25) is 5.02 Å². The van der Waals surface area contributed by atoms with Crippen molar-refractivity contribution in [1.29, 1.82) is 0 Å². The number of aromatic nitrogens is 3. The van der Waals surface area contributed by atoms with E-state index >= 15 is 0 Å². The van der Waals surface area contributed by atoms with Gasteiger partial charge in [-0.05, 0) is 53.6 Å². The van der Waals surface area contributed by atoms with Gasteiger partial charge in [-0.15, -0.1) is 0 Å². The minimum absolute atomic E-state index is 0.0976. The number of hydrogen-bond donors (Lipinski definition) is 0. The molecule has 0 aliphatic carbocycles. The first kappa shape index (κ1) is 24.6. The van der Waals surface area contributed by atoms with Crippen LogP contribution in [-0.4, -0.2) is 19.9 Å². The van der Waals surface area contributed by atoms with Gasteiger partial charge in [0.25, 0.3) is 5.56 Å². The standard InChI is InChI=1S/C33H24ClN3O2/c1-36-27-17-16-24(34)20-25(27)31(23-12-6-3-7-13-23)32(33(36)39)29(38)18-19-30-35-26-14-8-9-15-28(26)37(30)21-22-10-4-2-5-11-22/h2-20H,21H2,1H3/b19-18+. The third kappa shape index (κ3) is 4.58. The number of nitrogens with zero attached hydrogens (tertiary/aromatic N) is 3. The number of imidazole rings is 1. The Morgan fingerprint density at radius 1 is 0.872 bits per heavy atom. The molecule has 0 fully saturated rings. The van der Waals surface area contributed by atoms with E-state index in [4.69, 9.17) is 16.6 Å². The molecule has 6 aromatic rings. The van der Waals surface area contributed by atoms with Crippen LogP contribution in [0.3, 0.4) is 0 Å². The molecular weight excluding hydrogens is 506 g/mol. The average molecular weight is 530 g/mol. The van der Waals surface area contributed by atoms with Crippen molar-refractivity contribution in [3.8, 4) is 11.1 Å². The third-order valence-electron chi connectivity index (χ3n) is 6.92. The zero-order valence-corrected chi connectivity index (χ0v) is 22.0. The van der Waals surface area contributed by atoms with Gasteiger partial charge in [-0.3, -0.25) is 9.59 Å². The minimum Gasteiger partial charge on any atom is -0.320 e. The lowest BCUT2D eigenvalue weighted by atomic mass is 9.93. The fourth-order valence-corrected chi connectivity index (χ4v) is 5.21. The number of halogens is 1. The lowest BCUT2D eigenvalue weighted by Crippen LogP contribution is -2.25. The fourth-order valence-electron chi connectivity index (χ4n) is 5.04. The van der Waals surface area contributed by atoms with Gasteiger partial charge in [-0.25, -0.2) is 4.98 Å². The molecule has 5 nitrogen and oxygen atoms in total. The van der Waals surface area contributed by atoms with Crippen molar-refractivity contribution >= 4 is 45.4 Å².